The molecule has 1 saturated heterocycles. The third-order valence-corrected chi connectivity index (χ3v) is 4.23. The monoisotopic (exact) mass is 324 g/mol. The quantitative estimate of drug-likeness (QED) is 0.790. The van der Waals surface area contributed by atoms with E-state index in [4.69, 9.17) is 4.74 Å². The van der Waals surface area contributed by atoms with Gasteiger partial charge in [0.2, 0.25) is 0 Å². The Labute approximate surface area is 143 Å². The molecule has 4 heteroatoms. The summed E-state index contributed by atoms with van der Waals surface area (Å²) < 4.78 is 5.73. The van der Waals surface area contributed by atoms with Gasteiger partial charge in [-0.3, -0.25) is 4.79 Å². The van der Waals surface area contributed by atoms with E-state index < -0.39 is 0 Å². The van der Waals surface area contributed by atoms with Crippen molar-refractivity contribution >= 4 is 5.91 Å². The summed E-state index contributed by atoms with van der Waals surface area (Å²) in [6.45, 7) is 4.20. The third-order valence-electron chi connectivity index (χ3n) is 4.23. The highest BCUT2D eigenvalue weighted by atomic mass is 16.5. The highest BCUT2D eigenvalue weighted by Crippen LogP contribution is 2.21. The van der Waals surface area contributed by atoms with Crippen LogP contribution in [0.15, 0.2) is 54.6 Å². The molecule has 0 atom stereocenters. The van der Waals surface area contributed by atoms with Crippen molar-refractivity contribution in [3.8, 4) is 11.5 Å². The first-order chi connectivity index (χ1) is 11.8. The van der Waals surface area contributed by atoms with Crippen LogP contribution in [0.4, 0.5) is 0 Å². The van der Waals surface area contributed by atoms with Crippen LogP contribution in [0.25, 0.3) is 0 Å². The summed E-state index contributed by atoms with van der Waals surface area (Å²) in [4.78, 5) is 14.6. The SMILES string of the molecule is O=C(NCCCN1CCCC1)c1ccc(Oc2ccccc2)cc1. The van der Waals surface area contributed by atoms with Crippen molar-refractivity contribution in [3.63, 3.8) is 0 Å². The molecule has 3 rings (SSSR count). The maximum atomic E-state index is 12.1. The Morgan fingerprint density at radius 2 is 1.62 bits per heavy atom. The molecule has 24 heavy (non-hydrogen) atoms. The summed E-state index contributed by atoms with van der Waals surface area (Å²) in [6, 6.07) is 16.9. The molecular formula is C20H24N2O2. The van der Waals surface area contributed by atoms with Crippen LogP contribution in [0, 0.1) is 0 Å². The second kappa shape index (κ2) is 8.50. The van der Waals surface area contributed by atoms with Crippen LogP contribution < -0.4 is 10.1 Å². The summed E-state index contributed by atoms with van der Waals surface area (Å²) in [5.41, 5.74) is 0.664. The lowest BCUT2D eigenvalue weighted by molar-refractivity contribution is 0.0952. The van der Waals surface area contributed by atoms with Crippen molar-refractivity contribution in [1.29, 1.82) is 0 Å². The average Bonchev–Trinajstić information content (AvgIpc) is 3.13. The van der Waals surface area contributed by atoms with Gasteiger partial charge in [0.05, 0.1) is 0 Å². The number of rotatable bonds is 7. The van der Waals surface area contributed by atoms with Crippen LogP contribution in [-0.4, -0.2) is 37.0 Å². The smallest absolute Gasteiger partial charge is 0.251 e. The molecule has 1 N–H and O–H groups in total. The summed E-state index contributed by atoms with van der Waals surface area (Å²) in [6.07, 6.45) is 3.62. The van der Waals surface area contributed by atoms with Gasteiger partial charge >= 0.3 is 0 Å². The molecule has 2 aromatic carbocycles. The molecule has 1 heterocycles. The Morgan fingerprint density at radius 3 is 2.33 bits per heavy atom. The van der Waals surface area contributed by atoms with Crippen LogP contribution in [0.1, 0.15) is 29.6 Å². The van der Waals surface area contributed by atoms with E-state index in [9.17, 15) is 4.79 Å². The number of carbonyl (C=O) groups excluding carboxylic acids is 1. The lowest BCUT2D eigenvalue weighted by Crippen LogP contribution is -2.28. The van der Waals surface area contributed by atoms with E-state index in [1.807, 2.05) is 42.5 Å². The molecule has 126 valence electrons. The molecule has 1 aliphatic rings. The molecule has 1 amide bonds. The van der Waals surface area contributed by atoms with Gasteiger partial charge < -0.3 is 15.0 Å². The molecule has 0 bridgehead atoms. The predicted octanol–water partition coefficient (Wildman–Crippen LogP) is 3.69. The normalized spacial score (nSPS) is 14.5. The fourth-order valence-electron chi connectivity index (χ4n) is 2.91. The standard InChI is InChI=1S/C20H24N2O2/c23-20(21-13-6-16-22-14-4-5-15-22)17-9-11-19(12-10-17)24-18-7-2-1-3-8-18/h1-3,7-12H,4-6,13-16H2,(H,21,23). The zero-order valence-electron chi connectivity index (χ0n) is 13.9. The summed E-state index contributed by atoms with van der Waals surface area (Å²) >= 11 is 0. The Kier molecular flexibility index (Phi) is 5.85. The lowest BCUT2D eigenvalue weighted by Gasteiger charge is -2.14. The van der Waals surface area contributed by atoms with Gasteiger partial charge in [-0.15, -0.1) is 0 Å². The van der Waals surface area contributed by atoms with Crippen molar-refractivity contribution in [2.45, 2.75) is 19.3 Å². The van der Waals surface area contributed by atoms with E-state index >= 15 is 0 Å². The largest absolute Gasteiger partial charge is 0.457 e. The minimum Gasteiger partial charge on any atom is -0.457 e. The summed E-state index contributed by atoms with van der Waals surface area (Å²) in [5.74, 6) is 1.49. The van der Waals surface area contributed by atoms with Gasteiger partial charge in [-0.25, -0.2) is 0 Å². The first-order valence-electron chi connectivity index (χ1n) is 8.65. The molecule has 4 nitrogen and oxygen atoms in total. The number of likely N-dealkylation sites (tertiary alicyclic amines) is 1. The number of nitrogens with zero attached hydrogens (tertiary/aromatic N) is 1. The average molecular weight is 324 g/mol. The van der Waals surface area contributed by atoms with E-state index in [0.717, 1.165) is 31.0 Å². The Hall–Kier alpha value is -2.33. The predicted molar refractivity (Wildman–Crippen MR) is 95.6 cm³/mol. The number of para-hydroxylation sites is 1. The molecule has 0 unspecified atom stereocenters. The zero-order chi connectivity index (χ0) is 16.6. The molecule has 0 spiro atoms. The van der Waals surface area contributed by atoms with Crippen molar-refractivity contribution in [1.82, 2.24) is 10.2 Å². The van der Waals surface area contributed by atoms with Gasteiger partial charge in [0.15, 0.2) is 0 Å². The number of hydrogen-bond acceptors (Lipinski definition) is 3. The summed E-state index contributed by atoms with van der Waals surface area (Å²) in [7, 11) is 0. The van der Waals surface area contributed by atoms with Crippen LogP contribution >= 0.6 is 0 Å². The topological polar surface area (TPSA) is 41.6 Å². The molecule has 0 saturated carbocycles. The van der Waals surface area contributed by atoms with Gasteiger partial charge in [0.25, 0.3) is 5.91 Å². The van der Waals surface area contributed by atoms with Gasteiger partial charge in [-0.1, -0.05) is 18.2 Å². The molecule has 0 radical (unpaired) electrons. The molecule has 1 aliphatic heterocycles. The fourth-order valence-corrected chi connectivity index (χ4v) is 2.91. The number of benzene rings is 2. The second-order valence-electron chi connectivity index (χ2n) is 6.10. The summed E-state index contributed by atoms with van der Waals surface area (Å²) in [5, 5.41) is 2.99. The van der Waals surface area contributed by atoms with E-state index in [-0.39, 0.29) is 5.91 Å². The molecule has 2 aromatic rings. The maximum absolute atomic E-state index is 12.1. The van der Waals surface area contributed by atoms with E-state index in [0.29, 0.717) is 5.56 Å². The highest BCUT2D eigenvalue weighted by molar-refractivity contribution is 5.94. The highest BCUT2D eigenvalue weighted by Gasteiger charge is 2.11. The van der Waals surface area contributed by atoms with Crippen molar-refractivity contribution < 1.29 is 9.53 Å². The van der Waals surface area contributed by atoms with Crippen molar-refractivity contribution in [2.75, 3.05) is 26.2 Å². The van der Waals surface area contributed by atoms with Crippen LogP contribution in [0.3, 0.4) is 0 Å². The number of carbonyl (C=O) groups is 1. The van der Waals surface area contributed by atoms with E-state index in [2.05, 4.69) is 10.2 Å². The van der Waals surface area contributed by atoms with Crippen LogP contribution in [-0.2, 0) is 0 Å². The third kappa shape index (κ3) is 4.83. The van der Waals surface area contributed by atoms with E-state index in [1.54, 1.807) is 12.1 Å². The minimum absolute atomic E-state index is 0.0253. The van der Waals surface area contributed by atoms with Gasteiger partial charge in [0.1, 0.15) is 11.5 Å². The molecule has 0 aromatic heterocycles. The maximum Gasteiger partial charge on any atom is 0.251 e. The van der Waals surface area contributed by atoms with Gasteiger partial charge in [-0.05, 0) is 75.3 Å². The molecule has 1 fully saturated rings. The molecule has 0 aliphatic carbocycles. The molecular weight excluding hydrogens is 300 g/mol. The Morgan fingerprint density at radius 1 is 0.958 bits per heavy atom. The first kappa shape index (κ1) is 16.5. The van der Waals surface area contributed by atoms with Gasteiger partial charge in [0, 0.05) is 12.1 Å². The number of amides is 1. The van der Waals surface area contributed by atoms with Crippen molar-refractivity contribution in [2.24, 2.45) is 0 Å². The number of hydrogen-bond donors (Lipinski definition) is 1. The van der Waals surface area contributed by atoms with Crippen LogP contribution in [0.2, 0.25) is 0 Å². The number of nitrogens with one attached hydrogen (secondary N) is 1. The first-order valence-corrected chi connectivity index (χ1v) is 8.65. The van der Waals surface area contributed by atoms with Crippen molar-refractivity contribution in [3.05, 3.63) is 60.2 Å². The zero-order valence-corrected chi connectivity index (χ0v) is 13.9. The van der Waals surface area contributed by atoms with E-state index in [1.165, 1.54) is 25.9 Å². The van der Waals surface area contributed by atoms with Gasteiger partial charge in [-0.2, -0.15) is 0 Å². The Bertz CT molecular complexity index is 634. The minimum atomic E-state index is -0.0253. The lowest BCUT2D eigenvalue weighted by atomic mass is 10.2. The van der Waals surface area contributed by atoms with Crippen LogP contribution in [0.5, 0.6) is 11.5 Å². The fraction of sp³-hybridized carbons (Fsp3) is 0.350. The second-order valence-corrected chi connectivity index (χ2v) is 6.10. The Balaban J connectivity index is 1.43. The number of ether oxygens (including phenoxy) is 1.